The number of aliphatic hydroxyl groups excluding tert-OH is 1. The minimum absolute atomic E-state index is 0.0606. The largest absolute Gasteiger partial charge is 0.507 e. The number of carbonyl (C=O) groups excluding carboxylic acids is 2. The van der Waals surface area contributed by atoms with Crippen molar-refractivity contribution >= 4 is 23.1 Å². The molecule has 32 heavy (non-hydrogen) atoms. The molecular weight excluding hydrogens is 416 g/mol. The molecule has 0 unspecified atom stereocenters. The zero-order valence-corrected chi connectivity index (χ0v) is 18.0. The lowest BCUT2D eigenvalue weighted by Crippen LogP contribution is -2.31. The van der Waals surface area contributed by atoms with E-state index in [1.807, 2.05) is 0 Å². The molecule has 168 valence electrons. The van der Waals surface area contributed by atoms with Crippen LogP contribution in [0.15, 0.2) is 48.0 Å². The van der Waals surface area contributed by atoms with Crippen LogP contribution in [0.4, 0.5) is 5.69 Å². The maximum atomic E-state index is 13.0. The van der Waals surface area contributed by atoms with Crippen LogP contribution in [0.2, 0.25) is 0 Å². The van der Waals surface area contributed by atoms with Crippen molar-refractivity contribution in [3.8, 4) is 5.75 Å². The van der Waals surface area contributed by atoms with Crippen molar-refractivity contribution in [1.82, 2.24) is 4.90 Å². The first-order valence-electron chi connectivity index (χ1n) is 9.96. The number of nitrogens with zero attached hydrogens (tertiary/aromatic N) is 2. The third-order valence-corrected chi connectivity index (χ3v) is 5.40. The Labute approximate surface area is 185 Å². The summed E-state index contributed by atoms with van der Waals surface area (Å²) in [6.07, 6.45) is 0.481. The molecule has 0 spiro atoms. The van der Waals surface area contributed by atoms with E-state index in [1.54, 1.807) is 25.1 Å². The van der Waals surface area contributed by atoms with Gasteiger partial charge in [-0.1, -0.05) is 0 Å². The van der Waals surface area contributed by atoms with Gasteiger partial charge in [0.15, 0.2) is 0 Å². The Balaban J connectivity index is 2.14. The van der Waals surface area contributed by atoms with Crippen LogP contribution in [0.3, 0.4) is 0 Å². The van der Waals surface area contributed by atoms with E-state index >= 15 is 0 Å². The van der Waals surface area contributed by atoms with Gasteiger partial charge < -0.3 is 19.5 Å². The summed E-state index contributed by atoms with van der Waals surface area (Å²) in [5, 5.41) is 22.2. The minimum atomic E-state index is -0.880. The zero-order chi connectivity index (χ0) is 23.4. The standard InChI is InChI=1S/C23H24N2O7/c1-14-13-17(32-3)9-10-18(14)21(26)19-20(15-5-7-16(8-6-15)25(29)30)24(11-4-12-31-2)23(28)22(19)27/h5-10,13,20,26H,4,11-12H2,1-3H3/t20-/m0/s1. The molecule has 0 radical (unpaired) electrons. The number of non-ortho nitro benzene ring substituents is 1. The number of aliphatic hydroxyl groups is 1. The second-order valence-electron chi connectivity index (χ2n) is 7.37. The first-order chi connectivity index (χ1) is 15.3. The number of hydrogen-bond donors (Lipinski definition) is 1. The van der Waals surface area contributed by atoms with Crippen LogP contribution < -0.4 is 4.74 Å². The highest BCUT2D eigenvalue weighted by molar-refractivity contribution is 6.46. The normalized spacial score (nSPS) is 17.6. The van der Waals surface area contributed by atoms with Gasteiger partial charge in [-0.2, -0.15) is 0 Å². The van der Waals surface area contributed by atoms with Gasteiger partial charge >= 0.3 is 0 Å². The summed E-state index contributed by atoms with van der Waals surface area (Å²) in [5.41, 5.74) is 1.37. The van der Waals surface area contributed by atoms with Gasteiger partial charge in [-0.05, 0) is 54.8 Å². The number of hydrogen-bond acceptors (Lipinski definition) is 7. The number of rotatable bonds is 8. The Morgan fingerprint density at radius 3 is 2.41 bits per heavy atom. The van der Waals surface area contributed by atoms with Crippen LogP contribution in [0.5, 0.6) is 5.75 Å². The number of Topliss-reactive ketones (excluding diaryl/α,β-unsaturated/α-hetero) is 1. The Hall–Kier alpha value is -3.72. The van der Waals surface area contributed by atoms with Crippen molar-refractivity contribution in [2.45, 2.75) is 19.4 Å². The highest BCUT2D eigenvalue weighted by Gasteiger charge is 2.46. The molecule has 9 heteroatoms. The number of likely N-dealkylation sites (tertiary alicyclic amines) is 1. The molecule has 1 heterocycles. The predicted octanol–water partition coefficient (Wildman–Crippen LogP) is 3.37. The molecule has 1 aliphatic rings. The smallest absolute Gasteiger partial charge is 0.295 e. The molecule has 1 N–H and O–H groups in total. The second-order valence-corrected chi connectivity index (χ2v) is 7.37. The quantitative estimate of drug-likeness (QED) is 0.167. The molecule has 0 bridgehead atoms. The second kappa shape index (κ2) is 9.61. The van der Waals surface area contributed by atoms with Crippen LogP contribution in [0.1, 0.15) is 29.2 Å². The topological polar surface area (TPSA) is 119 Å². The maximum Gasteiger partial charge on any atom is 0.295 e. The van der Waals surface area contributed by atoms with Crippen LogP contribution in [-0.2, 0) is 14.3 Å². The lowest BCUT2D eigenvalue weighted by Gasteiger charge is -2.25. The summed E-state index contributed by atoms with van der Waals surface area (Å²) in [6.45, 7) is 2.36. The molecule has 2 aromatic rings. The molecule has 0 saturated carbocycles. The fraction of sp³-hybridized carbons (Fsp3) is 0.304. The molecule has 3 rings (SSSR count). The van der Waals surface area contributed by atoms with E-state index in [2.05, 4.69) is 0 Å². The van der Waals surface area contributed by atoms with E-state index < -0.39 is 22.7 Å². The molecule has 2 aromatic carbocycles. The van der Waals surface area contributed by atoms with Crippen LogP contribution in [-0.4, -0.2) is 54.0 Å². The van der Waals surface area contributed by atoms with Gasteiger partial charge in [0.1, 0.15) is 11.5 Å². The van der Waals surface area contributed by atoms with Gasteiger partial charge in [-0.3, -0.25) is 19.7 Å². The minimum Gasteiger partial charge on any atom is -0.507 e. The van der Waals surface area contributed by atoms with Gasteiger partial charge in [-0.25, -0.2) is 0 Å². The van der Waals surface area contributed by atoms with Crippen LogP contribution in [0, 0.1) is 17.0 Å². The van der Waals surface area contributed by atoms with Gasteiger partial charge in [0.05, 0.1) is 23.6 Å². The van der Waals surface area contributed by atoms with Gasteiger partial charge in [0.2, 0.25) is 0 Å². The van der Waals surface area contributed by atoms with E-state index in [9.17, 15) is 24.8 Å². The summed E-state index contributed by atoms with van der Waals surface area (Å²) in [7, 11) is 3.06. The molecule has 1 aliphatic heterocycles. The van der Waals surface area contributed by atoms with E-state index in [0.29, 0.717) is 35.5 Å². The first kappa shape index (κ1) is 23.0. The molecule has 1 amide bonds. The third-order valence-electron chi connectivity index (χ3n) is 5.40. The number of ketones is 1. The van der Waals surface area contributed by atoms with Crippen molar-refractivity contribution in [3.63, 3.8) is 0 Å². The average molecular weight is 440 g/mol. The van der Waals surface area contributed by atoms with Crippen molar-refractivity contribution < 1.29 is 29.1 Å². The number of ether oxygens (including phenoxy) is 2. The van der Waals surface area contributed by atoms with Crippen molar-refractivity contribution in [3.05, 3.63) is 74.8 Å². The summed E-state index contributed by atoms with van der Waals surface area (Å²) >= 11 is 0. The third kappa shape index (κ3) is 4.33. The highest BCUT2D eigenvalue weighted by atomic mass is 16.6. The Bertz CT molecular complexity index is 1080. The molecule has 9 nitrogen and oxygen atoms in total. The Morgan fingerprint density at radius 2 is 1.84 bits per heavy atom. The van der Waals surface area contributed by atoms with E-state index in [-0.39, 0.29) is 23.6 Å². The number of carbonyl (C=O) groups is 2. The van der Waals surface area contributed by atoms with Gasteiger partial charge in [-0.15, -0.1) is 0 Å². The Kier molecular flexibility index (Phi) is 6.89. The number of nitro benzene ring substituents is 1. The van der Waals surface area contributed by atoms with E-state index in [4.69, 9.17) is 9.47 Å². The van der Waals surface area contributed by atoms with Crippen LogP contribution in [0.25, 0.3) is 5.76 Å². The van der Waals surface area contributed by atoms with Crippen molar-refractivity contribution in [1.29, 1.82) is 0 Å². The molecule has 1 saturated heterocycles. The fourth-order valence-corrected chi connectivity index (χ4v) is 3.79. The summed E-state index contributed by atoms with van der Waals surface area (Å²) in [5.74, 6) is -1.26. The number of amides is 1. The van der Waals surface area contributed by atoms with E-state index in [1.165, 1.54) is 43.4 Å². The molecule has 1 fully saturated rings. The molecule has 0 aliphatic carbocycles. The molecular formula is C23H24N2O7. The zero-order valence-electron chi connectivity index (χ0n) is 18.0. The number of aryl methyl sites for hydroxylation is 1. The van der Waals surface area contributed by atoms with Gasteiger partial charge in [0, 0.05) is 38.0 Å². The van der Waals surface area contributed by atoms with Gasteiger partial charge in [0.25, 0.3) is 17.4 Å². The molecule has 0 aromatic heterocycles. The maximum absolute atomic E-state index is 13.0. The fourth-order valence-electron chi connectivity index (χ4n) is 3.79. The average Bonchev–Trinajstić information content (AvgIpc) is 3.03. The van der Waals surface area contributed by atoms with Crippen LogP contribution >= 0.6 is 0 Å². The highest BCUT2D eigenvalue weighted by Crippen LogP contribution is 2.40. The van der Waals surface area contributed by atoms with Crippen molar-refractivity contribution in [2.24, 2.45) is 0 Å². The predicted molar refractivity (Wildman–Crippen MR) is 116 cm³/mol. The summed E-state index contributed by atoms with van der Waals surface area (Å²) in [4.78, 5) is 37.7. The monoisotopic (exact) mass is 440 g/mol. The SMILES string of the molecule is COCCCN1C(=O)C(=O)C(=C(O)c2ccc(OC)cc2C)[C@@H]1c1ccc([N+](=O)[O-])cc1. The van der Waals surface area contributed by atoms with E-state index in [0.717, 1.165) is 0 Å². The summed E-state index contributed by atoms with van der Waals surface area (Å²) in [6, 6.07) is 9.70. The Morgan fingerprint density at radius 1 is 1.16 bits per heavy atom. The lowest BCUT2D eigenvalue weighted by molar-refractivity contribution is -0.384. The summed E-state index contributed by atoms with van der Waals surface area (Å²) < 4.78 is 10.2. The first-order valence-corrected chi connectivity index (χ1v) is 9.96. The number of methoxy groups -OCH3 is 2. The number of benzene rings is 2. The lowest BCUT2D eigenvalue weighted by atomic mass is 9.93. The molecule has 1 atom stereocenters. The van der Waals surface area contributed by atoms with Crippen molar-refractivity contribution in [2.75, 3.05) is 27.4 Å². The number of nitro groups is 1.